The number of nitrogens with one attached hydrogen (secondary N) is 1. The summed E-state index contributed by atoms with van der Waals surface area (Å²) in [5.41, 5.74) is 1.27. The Kier molecular flexibility index (Phi) is 4.42. The predicted octanol–water partition coefficient (Wildman–Crippen LogP) is 4.89. The average molecular weight is 375 g/mol. The van der Waals surface area contributed by atoms with E-state index in [9.17, 15) is 0 Å². The Morgan fingerprint density at radius 3 is 2.41 bits per heavy atom. The van der Waals surface area contributed by atoms with Crippen LogP contribution in [-0.2, 0) is 0 Å². The SMILES string of the molecule is CNC(c1cc(Br)c(C)s1)c1ccccc1Br. The molecule has 0 fully saturated rings. The first-order valence-electron chi connectivity index (χ1n) is 5.31. The van der Waals surface area contributed by atoms with Gasteiger partial charge in [0.15, 0.2) is 0 Å². The van der Waals surface area contributed by atoms with Gasteiger partial charge in [-0.2, -0.15) is 0 Å². The highest BCUT2D eigenvalue weighted by Gasteiger charge is 2.17. The molecule has 1 atom stereocenters. The Morgan fingerprint density at radius 1 is 1.18 bits per heavy atom. The van der Waals surface area contributed by atoms with Crippen molar-refractivity contribution in [3.05, 3.63) is 54.6 Å². The summed E-state index contributed by atoms with van der Waals surface area (Å²) in [6, 6.07) is 10.8. The van der Waals surface area contributed by atoms with E-state index in [4.69, 9.17) is 0 Å². The van der Waals surface area contributed by atoms with Gasteiger partial charge >= 0.3 is 0 Å². The van der Waals surface area contributed by atoms with Crippen molar-refractivity contribution in [1.29, 1.82) is 0 Å². The molecular formula is C13H13Br2NS. The fourth-order valence-corrected chi connectivity index (χ4v) is 3.99. The summed E-state index contributed by atoms with van der Waals surface area (Å²) in [6.45, 7) is 2.13. The molecule has 1 N–H and O–H groups in total. The van der Waals surface area contributed by atoms with Crippen LogP contribution in [0.4, 0.5) is 0 Å². The van der Waals surface area contributed by atoms with Crippen LogP contribution in [0, 0.1) is 6.92 Å². The monoisotopic (exact) mass is 373 g/mol. The summed E-state index contributed by atoms with van der Waals surface area (Å²) in [6.07, 6.45) is 0. The minimum atomic E-state index is 0.237. The van der Waals surface area contributed by atoms with E-state index in [0.717, 1.165) is 4.47 Å². The first kappa shape index (κ1) is 13.3. The standard InChI is InChI=1S/C13H13Br2NS/c1-8-11(15)7-12(17-8)13(16-2)9-5-3-4-6-10(9)14/h3-7,13,16H,1-2H3. The van der Waals surface area contributed by atoms with Crippen LogP contribution in [0.3, 0.4) is 0 Å². The molecule has 1 aromatic carbocycles. The smallest absolute Gasteiger partial charge is 0.0680 e. The Bertz CT molecular complexity index is 502. The fourth-order valence-electron chi connectivity index (χ4n) is 1.78. The maximum atomic E-state index is 3.61. The van der Waals surface area contributed by atoms with E-state index in [1.165, 1.54) is 19.8 Å². The molecule has 0 aliphatic carbocycles. The number of benzene rings is 1. The molecule has 0 saturated carbocycles. The van der Waals surface area contributed by atoms with Crippen molar-refractivity contribution >= 4 is 43.2 Å². The first-order chi connectivity index (χ1) is 8.13. The summed E-state index contributed by atoms with van der Waals surface area (Å²) in [4.78, 5) is 2.64. The largest absolute Gasteiger partial charge is 0.309 e. The molecule has 0 saturated heterocycles. The second-order valence-corrected chi connectivity index (χ2v) is 6.79. The summed E-state index contributed by atoms with van der Waals surface area (Å²) in [5, 5.41) is 3.38. The lowest BCUT2D eigenvalue weighted by atomic mass is 10.1. The van der Waals surface area contributed by atoms with Gasteiger partial charge in [0.05, 0.1) is 6.04 Å². The zero-order valence-electron chi connectivity index (χ0n) is 9.63. The summed E-state index contributed by atoms with van der Waals surface area (Å²) in [5.74, 6) is 0. The fraction of sp³-hybridized carbons (Fsp3) is 0.231. The molecule has 1 heterocycles. The van der Waals surface area contributed by atoms with Gasteiger partial charge in [-0.15, -0.1) is 11.3 Å². The van der Waals surface area contributed by atoms with E-state index < -0.39 is 0 Å². The average Bonchev–Trinajstić information content (AvgIpc) is 2.63. The van der Waals surface area contributed by atoms with Gasteiger partial charge in [0.25, 0.3) is 0 Å². The van der Waals surface area contributed by atoms with Crippen LogP contribution < -0.4 is 5.32 Å². The van der Waals surface area contributed by atoms with Gasteiger partial charge < -0.3 is 5.32 Å². The van der Waals surface area contributed by atoms with Crippen molar-refractivity contribution in [1.82, 2.24) is 5.32 Å². The molecule has 2 aromatic rings. The Hall–Kier alpha value is -0.160. The molecule has 0 spiro atoms. The minimum absolute atomic E-state index is 0.237. The number of hydrogen-bond acceptors (Lipinski definition) is 2. The highest BCUT2D eigenvalue weighted by atomic mass is 79.9. The maximum absolute atomic E-state index is 3.61. The van der Waals surface area contributed by atoms with Crippen LogP contribution in [0.2, 0.25) is 0 Å². The number of aryl methyl sites for hydroxylation is 1. The van der Waals surface area contributed by atoms with Crippen LogP contribution in [0.15, 0.2) is 39.3 Å². The summed E-state index contributed by atoms with van der Waals surface area (Å²) in [7, 11) is 1.99. The van der Waals surface area contributed by atoms with Crippen LogP contribution >= 0.6 is 43.2 Å². The van der Waals surface area contributed by atoms with Crippen molar-refractivity contribution in [2.75, 3.05) is 7.05 Å². The van der Waals surface area contributed by atoms with E-state index in [1.54, 1.807) is 0 Å². The lowest BCUT2D eigenvalue weighted by Gasteiger charge is -2.16. The highest BCUT2D eigenvalue weighted by molar-refractivity contribution is 9.10. The maximum Gasteiger partial charge on any atom is 0.0680 e. The second kappa shape index (κ2) is 5.65. The normalized spacial score (nSPS) is 12.7. The van der Waals surface area contributed by atoms with Gasteiger partial charge in [-0.25, -0.2) is 0 Å². The van der Waals surface area contributed by atoms with Crippen molar-refractivity contribution in [2.45, 2.75) is 13.0 Å². The van der Waals surface area contributed by atoms with Crippen LogP contribution in [0.5, 0.6) is 0 Å². The number of halogens is 2. The molecule has 1 unspecified atom stereocenters. The highest BCUT2D eigenvalue weighted by Crippen LogP contribution is 2.35. The molecule has 2 rings (SSSR count). The van der Waals surface area contributed by atoms with Crippen LogP contribution in [-0.4, -0.2) is 7.05 Å². The third-order valence-corrected chi connectivity index (χ3v) is 5.59. The van der Waals surface area contributed by atoms with Gasteiger partial charge in [-0.05, 0) is 47.6 Å². The van der Waals surface area contributed by atoms with Crippen molar-refractivity contribution in [3.8, 4) is 0 Å². The molecule has 90 valence electrons. The Labute approximate surface area is 123 Å². The van der Waals surface area contributed by atoms with Gasteiger partial charge in [0.1, 0.15) is 0 Å². The van der Waals surface area contributed by atoms with Crippen molar-refractivity contribution < 1.29 is 0 Å². The summed E-state index contributed by atoms with van der Waals surface area (Å²) < 4.78 is 2.33. The Morgan fingerprint density at radius 2 is 1.88 bits per heavy atom. The molecule has 0 aliphatic heterocycles. The minimum Gasteiger partial charge on any atom is -0.309 e. The Balaban J connectivity index is 2.44. The first-order valence-corrected chi connectivity index (χ1v) is 7.71. The van der Waals surface area contributed by atoms with Crippen molar-refractivity contribution in [3.63, 3.8) is 0 Å². The van der Waals surface area contributed by atoms with E-state index in [0.29, 0.717) is 0 Å². The van der Waals surface area contributed by atoms with E-state index in [-0.39, 0.29) is 6.04 Å². The van der Waals surface area contributed by atoms with E-state index in [1.807, 2.05) is 24.5 Å². The predicted molar refractivity (Wildman–Crippen MR) is 81.8 cm³/mol. The molecule has 1 nitrogen and oxygen atoms in total. The molecule has 0 bridgehead atoms. The topological polar surface area (TPSA) is 12.0 Å². The van der Waals surface area contributed by atoms with Crippen molar-refractivity contribution in [2.24, 2.45) is 0 Å². The molecule has 1 aromatic heterocycles. The summed E-state index contributed by atoms with van der Waals surface area (Å²) >= 11 is 9.01. The molecule has 0 amide bonds. The number of rotatable bonds is 3. The lowest BCUT2D eigenvalue weighted by Crippen LogP contribution is -2.16. The molecule has 0 radical (unpaired) electrons. The van der Waals surface area contributed by atoms with E-state index >= 15 is 0 Å². The number of thiophene rings is 1. The molecule has 0 aliphatic rings. The zero-order valence-corrected chi connectivity index (χ0v) is 13.6. The van der Waals surface area contributed by atoms with Gasteiger partial charge in [0, 0.05) is 18.7 Å². The lowest BCUT2D eigenvalue weighted by molar-refractivity contribution is 0.701. The molecule has 4 heteroatoms. The van der Waals surface area contributed by atoms with Gasteiger partial charge in [-0.3, -0.25) is 0 Å². The van der Waals surface area contributed by atoms with E-state index in [2.05, 4.69) is 68.4 Å². The number of hydrogen-bond donors (Lipinski definition) is 1. The van der Waals surface area contributed by atoms with Gasteiger partial charge in [0.2, 0.25) is 0 Å². The molecule has 17 heavy (non-hydrogen) atoms. The third kappa shape index (κ3) is 2.81. The quantitative estimate of drug-likeness (QED) is 0.806. The molecular weight excluding hydrogens is 362 g/mol. The van der Waals surface area contributed by atoms with Crippen LogP contribution in [0.1, 0.15) is 21.4 Å². The van der Waals surface area contributed by atoms with Crippen LogP contribution in [0.25, 0.3) is 0 Å². The third-order valence-electron chi connectivity index (χ3n) is 2.67. The van der Waals surface area contributed by atoms with Gasteiger partial charge in [-0.1, -0.05) is 34.1 Å². The second-order valence-electron chi connectivity index (χ2n) is 3.80. The zero-order chi connectivity index (χ0) is 12.4.